The van der Waals surface area contributed by atoms with Crippen LogP contribution < -0.4 is 11.1 Å². The Morgan fingerprint density at radius 1 is 1.13 bits per heavy atom. The number of nitrogens with zero attached hydrogens (tertiary/aromatic N) is 1. The first-order valence-corrected chi connectivity index (χ1v) is 9.38. The number of hydrogen-bond acceptors (Lipinski definition) is 3. The Bertz CT molecular complexity index is 406. The zero-order valence-corrected chi connectivity index (χ0v) is 14.8. The highest BCUT2D eigenvalue weighted by Crippen LogP contribution is 2.26. The van der Waals surface area contributed by atoms with Crippen LogP contribution in [0.4, 0.5) is 0 Å². The van der Waals surface area contributed by atoms with E-state index in [0.29, 0.717) is 0 Å². The number of amides is 2. The first kappa shape index (κ1) is 18.2. The van der Waals surface area contributed by atoms with Crippen LogP contribution in [-0.4, -0.2) is 41.4 Å². The van der Waals surface area contributed by atoms with Crippen molar-refractivity contribution >= 4 is 11.8 Å². The number of carbonyl (C=O) groups is 2. The van der Waals surface area contributed by atoms with Gasteiger partial charge in [0.05, 0.1) is 5.54 Å². The minimum Gasteiger partial charge on any atom is -0.352 e. The van der Waals surface area contributed by atoms with Crippen molar-refractivity contribution in [1.29, 1.82) is 0 Å². The maximum absolute atomic E-state index is 12.5. The van der Waals surface area contributed by atoms with Gasteiger partial charge in [-0.05, 0) is 38.5 Å². The Labute approximate surface area is 140 Å². The molecule has 3 N–H and O–H groups in total. The van der Waals surface area contributed by atoms with Crippen molar-refractivity contribution in [1.82, 2.24) is 10.2 Å². The molecule has 2 amide bonds. The van der Waals surface area contributed by atoms with Crippen molar-refractivity contribution < 1.29 is 9.59 Å². The monoisotopic (exact) mass is 323 g/mol. The summed E-state index contributed by atoms with van der Waals surface area (Å²) in [5, 5.41) is 3.14. The number of hydrogen-bond donors (Lipinski definition) is 2. The average Bonchev–Trinajstić information content (AvgIpc) is 2.57. The number of nitrogens with two attached hydrogens (primary N) is 1. The normalized spacial score (nSPS) is 22.2. The topological polar surface area (TPSA) is 75.4 Å². The van der Waals surface area contributed by atoms with E-state index in [1.807, 2.05) is 4.90 Å². The minimum absolute atomic E-state index is 0.0157. The molecule has 0 bridgehead atoms. The average molecular weight is 323 g/mol. The van der Waals surface area contributed by atoms with Gasteiger partial charge in [-0.3, -0.25) is 9.59 Å². The zero-order valence-electron chi connectivity index (χ0n) is 14.8. The lowest BCUT2D eigenvalue weighted by atomic mass is 9.81. The second-order valence-electron chi connectivity index (χ2n) is 7.30. The molecule has 5 heteroatoms. The summed E-state index contributed by atoms with van der Waals surface area (Å²) in [6, 6.07) is 0.163. The molecule has 0 aromatic heterocycles. The van der Waals surface area contributed by atoms with Gasteiger partial charge in [0.15, 0.2) is 0 Å². The first-order chi connectivity index (χ1) is 11.0. The Morgan fingerprint density at radius 3 is 2.22 bits per heavy atom. The summed E-state index contributed by atoms with van der Waals surface area (Å²) in [7, 11) is 0. The zero-order chi connectivity index (χ0) is 16.9. The van der Waals surface area contributed by atoms with Crippen LogP contribution in [-0.2, 0) is 9.59 Å². The van der Waals surface area contributed by atoms with E-state index in [1.165, 1.54) is 6.42 Å². The SMILES string of the molecule is CCC(CC)C(=O)N1CCC(NC(=O)C2(N)CCCCC2)CC1. The summed E-state index contributed by atoms with van der Waals surface area (Å²) in [4.78, 5) is 26.9. The molecule has 2 fully saturated rings. The fourth-order valence-corrected chi connectivity index (χ4v) is 3.88. The van der Waals surface area contributed by atoms with Crippen molar-refractivity contribution in [2.24, 2.45) is 11.7 Å². The molecule has 2 aliphatic rings. The summed E-state index contributed by atoms with van der Waals surface area (Å²) >= 11 is 0. The van der Waals surface area contributed by atoms with Crippen LogP contribution in [0.2, 0.25) is 0 Å². The van der Waals surface area contributed by atoms with Crippen molar-refractivity contribution in [2.75, 3.05) is 13.1 Å². The largest absolute Gasteiger partial charge is 0.352 e. The molecular weight excluding hydrogens is 290 g/mol. The van der Waals surface area contributed by atoms with Gasteiger partial charge >= 0.3 is 0 Å². The van der Waals surface area contributed by atoms with Gasteiger partial charge < -0.3 is 16.0 Å². The Kier molecular flexibility index (Phi) is 6.45. The highest BCUT2D eigenvalue weighted by Gasteiger charge is 2.37. The van der Waals surface area contributed by atoms with Crippen molar-refractivity contribution in [3.63, 3.8) is 0 Å². The molecule has 5 nitrogen and oxygen atoms in total. The van der Waals surface area contributed by atoms with Gasteiger partial charge in [-0.15, -0.1) is 0 Å². The quantitative estimate of drug-likeness (QED) is 0.814. The van der Waals surface area contributed by atoms with Gasteiger partial charge in [-0.25, -0.2) is 0 Å². The number of carbonyl (C=O) groups excluding carboxylic acids is 2. The third-order valence-electron chi connectivity index (χ3n) is 5.67. The van der Waals surface area contributed by atoms with E-state index in [4.69, 9.17) is 5.73 Å². The Balaban J connectivity index is 1.80. The lowest BCUT2D eigenvalue weighted by Gasteiger charge is -2.37. The van der Waals surface area contributed by atoms with Crippen molar-refractivity contribution in [3.8, 4) is 0 Å². The molecule has 0 atom stereocenters. The smallest absolute Gasteiger partial charge is 0.240 e. The molecule has 1 heterocycles. The molecule has 1 aliphatic carbocycles. The van der Waals surface area contributed by atoms with Gasteiger partial charge in [0.1, 0.15) is 0 Å². The predicted octanol–water partition coefficient (Wildman–Crippen LogP) is 2.19. The molecule has 0 unspecified atom stereocenters. The molecule has 1 saturated carbocycles. The maximum Gasteiger partial charge on any atom is 0.240 e. The maximum atomic E-state index is 12.5. The lowest BCUT2D eigenvalue weighted by molar-refractivity contribution is -0.137. The molecule has 0 radical (unpaired) electrons. The molecule has 0 aromatic rings. The fourth-order valence-electron chi connectivity index (χ4n) is 3.88. The summed E-state index contributed by atoms with van der Waals surface area (Å²) in [6.07, 6.45) is 8.36. The molecule has 1 aliphatic heterocycles. The highest BCUT2D eigenvalue weighted by molar-refractivity contribution is 5.86. The minimum atomic E-state index is -0.666. The van der Waals surface area contributed by atoms with Crippen molar-refractivity contribution in [2.45, 2.75) is 83.2 Å². The third kappa shape index (κ3) is 4.46. The second-order valence-corrected chi connectivity index (χ2v) is 7.30. The van der Waals surface area contributed by atoms with Crippen molar-refractivity contribution in [3.05, 3.63) is 0 Å². The van der Waals surface area contributed by atoms with E-state index in [2.05, 4.69) is 19.2 Å². The van der Waals surface area contributed by atoms with Gasteiger partial charge in [0, 0.05) is 25.0 Å². The summed E-state index contributed by atoms with van der Waals surface area (Å²) in [6.45, 7) is 5.64. The molecular formula is C18H33N3O2. The Hall–Kier alpha value is -1.10. The van der Waals surface area contributed by atoms with Crippen LogP contribution in [0.5, 0.6) is 0 Å². The molecule has 132 valence electrons. The van der Waals surface area contributed by atoms with Crippen LogP contribution in [0.1, 0.15) is 71.6 Å². The van der Waals surface area contributed by atoms with Gasteiger partial charge in [-0.1, -0.05) is 33.1 Å². The van der Waals surface area contributed by atoms with Gasteiger partial charge in [0.25, 0.3) is 0 Å². The van der Waals surface area contributed by atoms with Crippen LogP contribution in [0.3, 0.4) is 0 Å². The first-order valence-electron chi connectivity index (χ1n) is 9.38. The van der Waals surface area contributed by atoms with E-state index in [9.17, 15) is 9.59 Å². The number of piperidine rings is 1. The van der Waals surface area contributed by atoms with E-state index >= 15 is 0 Å². The molecule has 0 spiro atoms. The second kappa shape index (κ2) is 8.13. The Morgan fingerprint density at radius 2 is 1.70 bits per heavy atom. The molecule has 23 heavy (non-hydrogen) atoms. The molecule has 1 saturated heterocycles. The third-order valence-corrected chi connectivity index (χ3v) is 5.67. The molecule has 2 rings (SSSR count). The van der Waals surface area contributed by atoms with Crippen LogP contribution in [0.25, 0.3) is 0 Å². The van der Waals surface area contributed by atoms with Crippen LogP contribution >= 0.6 is 0 Å². The standard InChI is InChI=1S/C18H33N3O2/c1-3-14(4-2)16(22)21-12-8-15(9-13-21)20-17(23)18(19)10-6-5-7-11-18/h14-15H,3-13,19H2,1-2H3,(H,20,23). The highest BCUT2D eigenvalue weighted by atomic mass is 16.2. The van der Waals surface area contributed by atoms with E-state index in [0.717, 1.165) is 64.5 Å². The summed E-state index contributed by atoms with van der Waals surface area (Å²) in [5.41, 5.74) is 5.63. The van der Waals surface area contributed by atoms with E-state index in [1.54, 1.807) is 0 Å². The number of likely N-dealkylation sites (tertiary alicyclic amines) is 1. The van der Waals surface area contributed by atoms with Crippen LogP contribution in [0.15, 0.2) is 0 Å². The molecule has 0 aromatic carbocycles. The van der Waals surface area contributed by atoms with Gasteiger partial charge in [-0.2, -0.15) is 0 Å². The van der Waals surface area contributed by atoms with Gasteiger partial charge in [0.2, 0.25) is 11.8 Å². The number of rotatable bonds is 5. The van der Waals surface area contributed by atoms with E-state index < -0.39 is 5.54 Å². The fraction of sp³-hybridized carbons (Fsp3) is 0.889. The van der Waals surface area contributed by atoms with E-state index in [-0.39, 0.29) is 23.8 Å². The lowest BCUT2D eigenvalue weighted by Crippen LogP contribution is -2.58. The van der Waals surface area contributed by atoms with Crippen LogP contribution in [0, 0.1) is 5.92 Å². The predicted molar refractivity (Wildman–Crippen MR) is 91.8 cm³/mol. The summed E-state index contributed by atoms with van der Waals surface area (Å²) in [5.74, 6) is 0.444. The number of nitrogens with one attached hydrogen (secondary N) is 1. The summed E-state index contributed by atoms with van der Waals surface area (Å²) < 4.78 is 0.